The molecule has 1 aromatic rings. The predicted molar refractivity (Wildman–Crippen MR) is 63.4 cm³/mol. The Balaban J connectivity index is 2.68. The lowest BCUT2D eigenvalue weighted by atomic mass is 9.96. The van der Waals surface area contributed by atoms with Gasteiger partial charge in [-0.05, 0) is 20.8 Å². The van der Waals surface area contributed by atoms with Gasteiger partial charge in [0.2, 0.25) is 5.82 Å². The molecule has 0 saturated heterocycles. The summed E-state index contributed by atoms with van der Waals surface area (Å²) in [6.45, 7) is 11.5. The van der Waals surface area contributed by atoms with Crippen LogP contribution in [-0.2, 0) is 10.3 Å². The van der Waals surface area contributed by atoms with Crippen molar-refractivity contribution in [1.82, 2.24) is 20.7 Å². The molecule has 0 unspecified atom stereocenters. The molecule has 0 fully saturated rings. The van der Waals surface area contributed by atoms with Crippen LogP contribution in [0.15, 0.2) is 0 Å². The van der Waals surface area contributed by atoms with Gasteiger partial charge in [-0.3, -0.25) is 14.7 Å². The van der Waals surface area contributed by atoms with Gasteiger partial charge >= 0.3 is 5.91 Å². The fourth-order valence-electron chi connectivity index (χ4n) is 0.944. The SMILES string of the molecule is CC(C)(C)ONC(=O)c1n[nH]c(C(C)(C)C)n1. The number of hydroxylamine groups is 1. The molecule has 1 heterocycles. The number of carbonyl (C=O) groups excluding carboxylic acids is 1. The summed E-state index contributed by atoms with van der Waals surface area (Å²) in [4.78, 5) is 20.9. The molecule has 96 valence electrons. The molecule has 0 aliphatic heterocycles. The van der Waals surface area contributed by atoms with Gasteiger partial charge in [-0.25, -0.2) is 10.5 Å². The van der Waals surface area contributed by atoms with Crippen LogP contribution in [0.2, 0.25) is 0 Å². The van der Waals surface area contributed by atoms with Crippen LogP contribution in [0.5, 0.6) is 0 Å². The van der Waals surface area contributed by atoms with Crippen molar-refractivity contribution in [1.29, 1.82) is 0 Å². The molecule has 6 heteroatoms. The van der Waals surface area contributed by atoms with Crippen molar-refractivity contribution in [3.8, 4) is 0 Å². The number of aromatic amines is 1. The second-order valence-corrected chi connectivity index (χ2v) is 5.90. The molecular weight excluding hydrogens is 220 g/mol. The van der Waals surface area contributed by atoms with E-state index >= 15 is 0 Å². The van der Waals surface area contributed by atoms with Crippen LogP contribution in [0.25, 0.3) is 0 Å². The maximum atomic E-state index is 11.7. The van der Waals surface area contributed by atoms with Gasteiger partial charge in [0, 0.05) is 5.41 Å². The molecule has 2 N–H and O–H groups in total. The minimum absolute atomic E-state index is 0.0826. The van der Waals surface area contributed by atoms with E-state index in [0.29, 0.717) is 5.82 Å². The van der Waals surface area contributed by atoms with Crippen molar-refractivity contribution in [2.75, 3.05) is 0 Å². The standard InChI is InChI=1S/C11H20N4O2/c1-10(2,3)9-12-7(13-14-9)8(16)15-17-11(4,5)6/h1-6H3,(H,15,16)(H,12,13,14). The van der Waals surface area contributed by atoms with Crippen LogP contribution in [0.3, 0.4) is 0 Å². The highest BCUT2D eigenvalue weighted by atomic mass is 16.7. The number of hydrogen-bond acceptors (Lipinski definition) is 4. The lowest BCUT2D eigenvalue weighted by Gasteiger charge is -2.18. The number of nitrogens with zero attached hydrogens (tertiary/aromatic N) is 2. The molecule has 0 radical (unpaired) electrons. The highest BCUT2D eigenvalue weighted by Crippen LogP contribution is 2.17. The number of H-pyrrole nitrogens is 1. The number of nitrogens with one attached hydrogen (secondary N) is 2. The van der Waals surface area contributed by atoms with Crippen molar-refractivity contribution >= 4 is 5.91 Å². The van der Waals surface area contributed by atoms with E-state index in [2.05, 4.69) is 20.7 Å². The first-order valence-electron chi connectivity index (χ1n) is 5.51. The van der Waals surface area contributed by atoms with E-state index in [4.69, 9.17) is 4.84 Å². The summed E-state index contributed by atoms with van der Waals surface area (Å²) in [6, 6.07) is 0. The molecule has 0 saturated carbocycles. The van der Waals surface area contributed by atoms with E-state index < -0.39 is 11.5 Å². The third-order valence-electron chi connectivity index (χ3n) is 1.85. The van der Waals surface area contributed by atoms with Gasteiger partial charge in [0.1, 0.15) is 5.82 Å². The van der Waals surface area contributed by atoms with Crippen molar-refractivity contribution in [2.24, 2.45) is 0 Å². The molecule has 17 heavy (non-hydrogen) atoms. The highest BCUT2D eigenvalue weighted by Gasteiger charge is 2.22. The van der Waals surface area contributed by atoms with Gasteiger partial charge in [0.15, 0.2) is 0 Å². The number of carbonyl (C=O) groups is 1. The third-order valence-corrected chi connectivity index (χ3v) is 1.85. The predicted octanol–water partition coefficient (Wildman–Crippen LogP) is 1.56. The van der Waals surface area contributed by atoms with Gasteiger partial charge in [-0.1, -0.05) is 20.8 Å². The Bertz CT molecular complexity index is 398. The van der Waals surface area contributed by atoms with Crippen molar-refractivity contribution in [3.05, 3.63) is 11.6 Å². The summed E-state index contributed by atoms with van der Waals surface area (Å²) in [5.41, 5.74) is 1.70. The average molecular weight is 240 g/mol. The first kappa shape index (κ1) is 13.6. The van der Waals surface area contributed by atoms with Crippen LogP contribution in [0.1, 0.15) is 58.0 Å². The molecule has 0 bridgehead atoms. The average Bonchev–Trinajstić information content (AvgIpc) is 2.60. The lowest BCUT2D eigenvalue weighted by Crippen LogP contribution is -2.34. The van der Waals surface area contributed by atoms with E-state index in [-0.39, 0.29) is 11.2 Å². The smallest absolute Gasteiger partial charge is 0.268 e. The van der Waals surface area contributed by atoms with Crippen molar-refractivity contribution in [2.45, 2.75) is 52.6 Å². The number of aromatic nitrogens is 3. The molecule has 0 aliphatic carbocycles. The minimum Gasteiger partial charge on any atom is -0.268 e. The maximum Gasteiger partial charge on any atom is 0.314 e. The van der Waals surface area contributed by atoms with Crippen LogP contribution < -0.4 is 5.48 Å². The fourth-order valence-corrected chi connectivity index (χ4v) is 0.944. The quantitative estimate of drug-likeness (QED) is 0.769. The fraction of sp³-hybridized carbons (Fsp3) is 0.727. The van der Waals surface area contributed by atoms with E-state index in [9.17, 15) is 4.79 Å². The molecule has 0 atom stereocenters. The highest BCUT2D eigenvalue weighted by molar-refractivity contribution is 5.89. The minimum atomic E-state index is -0.452. The lowest BCUT2D eigenvalue weighted by molar-refractivity contribution is -0.0593. The van der Waals surface area contributed by atoms with Crippen LogP contribution in [0, 0.1) is 0 Å². The van der Waals surface area contributed by atoms with Gasteiger partial charge in [-0.15, -0.1) is 5.10 Å². The first-order chi connectivity index (χ1) is 7.59. The molecular formula is C11H20N4O2. The molecule has 1 amide bonds. The Morgan fingerprint density at radius 3 is 2.24 bits per heavy atom. The first-order valence-corrected chi connectivity index (χ1v) is 5.51. The second-order valence-electron chi connectivity index (χ2n) is 5.90. The summed E-state index contributed by atoms with van der Waals surface area (Å²) in [6.07, 6.45) is 0. The third kappa shape index (κ3) is 4.14. The number of amides is 1. The Morgan fingerprint density at radius 1 is 1.24 bits per heavy atom. The van der Waals surface area contributed by atoms with Gasteiger partial charge in [0.25, 0.3) is 0 Å². The van der Waals surface area contributed by atoms with E-state index in [1.807, 2.05) is 41.5 Å². The van der Waals surface area contributed by atoms with Gasteiger partial charge < -0.3 is 0 Å². The van der Waals surface area contributed by atoms with E-state index in [0.717, 1.165) is 0 Å². The molecule has 1 aromatic heterocycles. The van der Waals surface area contributed by atoms with Crippen LogP contribution >= 0.6 is 0 Å². The topological polar surface area (TPSA) is 79.9 Å². The number of hydrogen-bond donors (Lipinski definition) is 2. The normalized spacial score (nSPS) is 12.6. The zero-order valence-corrected chi connectivity index (χ0v) is 11.2. The largest absolute Gasteiger partial charge is 0.314 e. The number of rotatable bonds is 2. The summed E-state index contributed by atoms with van der Waals surface area (Å²) in [5.74, 6) is 0.296. The summed E-state index contributed by atoms with van der Waals surface area (Å²) in [7, 11) is 0. The maximum absolute atomic E-state index is 11.7. The van der Waals surface area contributed by atoms with Crippen LogP contribution in [-0.4, -0.2) is 26.7 Å². The summed E-state index contributed by atoms with van der Waals surface area (Å²) >= 11 is 0. The van der Waals surface area contributed by atoms with Crippen LogP contribution in [0.4, 0.5) is 0 Å². The zero-order valence-electron chi connectivity index (χ0n) is 11.2. The Labute approximate surface area is 101 Å². The zero-order chi connectivity index (χ0) is 13.3. The van der Waals surface area contributed by atoms with Gasteiger partial charge in [-0.2, -0.15) is 0 Å². The molecule has 0 aliphatic rings. The van der Waals surface area contributed by atoms with Gasteiger partial charge in [0.05, 0.1) is 5.60 Å². The summed E-state index contributed by atoms with van der Waals surface area (Å²) < 4.78 is 0. The van der Waals surface area contributed by atoms with Crippen molar-refractivity contribution in [3.63, 3.8) is 0 Å². The van der Waals surface area contributed by atoms with E-state index in [1.165, 1.54) is 0 Å². The monoisotopic (exact) mass is 240 g/mol. The second kappa shape index (κ2) is 4.44. The van der Waals surface area contributed by atoms with E-state index in [1.54, 1.807) is 0 Å². The molecule has 0 aromatic carbocycles. The molecule has 1 rings (SSSR count). The molecule has 0 spiro atoms. The Hall–Kier alpha value is -1.43. The Kier molecular flexibility index (Phi) is 3.56. The summed E-state index contributed by atoms with van der Waals surface area (Å²) in [5, 5.41) is 6.60. The van der Waals surface area contributed by atoms with Crippen molar-refractivity contribution < 1.29 is 9.63 Å². The Morgan fingerprint density at radius 2 is 1.82 bits per heavy atom. The molecule has 6 nitrogen and oxygen atoms in total.